The van der Waals surface area contributed by atoms with Gasteiger partial charge >= 0.3 is 0 Å². The second-order valence-corrected chi connectivity index (χ2v) is 4.09. The third-order valence-corrected chi connectivity index (χ3v) is 3.48. The van der Waals surface area contributed by atoms with E-state index in [1.54, 1.807) is 7.11 Å². The lowest BCUT2D eigenvalue weighted by atomic mass is 10.2. The maximum atomic E-state index is 5.54. The fourth-order valence-electron chi connectivity index (χ4n) is 1.09. The molecule has 1 rings (SSSR count). The molecule has 0 unspecified atom stereocenters. The van der Waals surface area contributed by atoms with Gasteiger partial charge in [0.1, 0.15) is 0 Å². The van der Waals surface area contributed by atoms with E-state index in [0.29, 0.717) is 5.41 Å². The van der Waals surface area contributed by atoms with Crippen molar-refractivity contribution in [2.45, 2.75) is 19.3 Å². The Bertz CT molecular complexity index is 124. The van der Waals surface area contributed by atoms with Gasteiger partial charge in [0.05, 0.1) is 6.61 Å². The molecule has 2 nitrogen and oxygen atoms in total. The fraction of sp³-hybridized carbons (Fsp3) is 1.00. The van der Waals surface area contributed by atoms with Gasteiger partial charge in [-0.3, -0.25) is 0 Å². The van der Waals surface area contributed by atoms with Gasteiger partial charge in [0.2, 0.25) is 0 Å². The van der Waals surface area contributed by atoms with Crippen LogP contribution in [0.4, 0.5) is 0 Å². The van der Waals surface area contributed by atoms with Gasteiger partial charge in [0, 0.05) is 31.1 Å². The molecule has 72 valence electrons. The van der Waals surface area contributed by atoms with Crippen molar-refractivity contribution in [2.24, 2.45) is 5.41 Å². The SMILES string of the molecule is COCCCOCC1(CBr)CC1. The Kier molecular flexibility index (Phi) is 4.54. The molecule has 0 aromatic rings. The maximum Gasteiger partial charge on any atom is 0.0530 e. The number of hydrogen-bond donors (Lipinski definition) is 0. The summed E-state index contributed by atoms with van der Waals surface area (Å²) in [5, 5.41) is 1.09. The average Bonchev–Trinajstić information content (AvgIpc) is 2.85. The minimum atomic E-state index is 0.493. The van der Waals surface area contributed by atoms with Gasteiger partial charge in [-0.2, -0.15) is 0 Å². The summed E-state index contributed by atoms with van der Waals surface area (Å²) in [6.07, 6.45) is 3.65. The van der Waals surface area contributed by atoms with Crippen LogP contribution in [-0.2, 0) is 9.47 Å². The molecule has 0 amide bonds. The third-order valence-electron chi connectivity index (χ3n) is 2.29. The highest BCUT2D eigenvalue weighted by atomic mass is 79.9. The van der Waals surface area contributed by atoms with Gasteiger partial charge in [0.15, 0.2) is 0 Å². The molecule has 3 heteroatoms. The number of alkyl halides is 1. The number of halogens is 1. The number of methoxy groups -OCH3 is 1. The van der Waals surface area contributed by atoms with Crippen LogP contribution in [0, 0.1) is 5.41 Å². The van der Waals surface area contributed by atoms with Crippen LogP contribution in [0.15, 0.2) is 0 Å². The van der Waals surface area contributed by atoms with Crippen molar-refractivity contribution in [3.8, 4) is 0 Å². The zero-order valence-electron chi connectivity index (χ0n) is 7.64. The summed E-state index contributed by atoms with van der Waals surface area (Å²) in [7, 11) is 1.72. The van der Waals surface area contributed by atoms with Crippen LogP contribution >= 0.6 is 15.9 Å². The highest BCUT2D eigenvalue weighted by Crippen LogP contribution is 2.47. The molecule has 12 heavy (non-hydrogen) atoms. The van der Waals surface area contributed by atoms with Crippen LogP contribution < -0.4 is 0 Å². The molecule has 0 atom stereocenters. The predicted molar refractivity (Wildman–Crippen MR) is 52.8 cm³/mol. The second-order valence-electron chi connectivity index (χ2n) is 3.53. The highest BCUT2D eigenvalue weighted by Gasteiger charge is 2.41. The van der Waals surface area contributed by atoms with Gasteiger partial charge < -0.3 is 9.47 Å². The van der Waals surface area contributed by atoms with Crippen molar-refractivity contribution < 1.29 is 9.47 Å². The number of rotatable bonds is 7. The first-order valence-electron chi connectivity index (χ1n) is 4.46. The summed E-state index contributed by atoms with van der Waals surface area (Å²) in [4.78, 5) is 0. The molecule has 0 radical (unpaired) electrons. The summed E-state index contributed by atoms with van der Waals surface area (Å²) in [6, 6.07) is 0. The van der Waals surface area contributed by atoms with Crippen molar-refractivity contribution in [1.82, 2.24) is 0 Å². The van der Waals surface area contributed by atoms with E-state index >= 15 is 0 Å². The average molecular weight is 237 g/mol. The van der Waals surface area contributed by atoms with E-state index in [9.17, 15) is 0 Å². The topological polar surface area (TPSA) is 18.5 Å². The van der Waals surface area contributed by atoms with Gasteiger partial charge in [-0.1, -0.05) is 15.9 Å². The van der Waals surface area contributed by atoms with E-state index in [1.807, 2.05) is 0 Å². The van der Waals surface area contributed by atoms with Gasteiger partial charge in [-0.25, -0.2) is 0 Å². The lowest BCUT2D eigenvalue weighted by Crippen LogP contribution is -2.13. The molecule has 0 aromatic carbocycles. The van der Waals surface area contributed by atoms with E-state index in [-0.39, 0.29) is 0 Å². The molecule has 1 saturated carbocycles. The first kappa shape index (κ1) is 10.5. The second kappa shape index (κ2) is 5.20. The van der Waals surface area contributed by atoms with Crippen molar-refractivity contribution in [1.29, 1.82) is 0 Å². The molecule has 0 aromatic heterocycles. The number of hydrogen-bond acceptors (Lipinski definition) is 2. The summed E-state index contributed by atoms with van der Waals surface area (Å²) in [6.45, 7) is 2.56. The van der Waals surface area contributed by atoms with Crippen LogP contribution in [0.2, 0.25) is 0 Å². The molecule has 1 fully saturated rings. The smallest absolute Gasteiger partial charge is 0.0530 e. The first-order valence-corrected chi connectivity index (χ1v) is 5.58. The minimum absolute atomic E-state index is 0.493. The normalized spacial score (nSPS) is 19.5. The summed E-state index contributed by atoms with van der Waals surface area (Å²) >= 11 is 3.51. The molecule has 1 aliphatic carbocycles. The zero-order valence-corrected chi connectivity index (χ0v) is 9.23. The first-order chi connectivity index (χ1) is 5.83. The quantitative estimate of drug-likeness (QED) is 0.499. The maximum absolute atomic E-state index is 5.54. The van der Waals surface area contributed by atoms with Crippen LogP contribution in [0.5, 0.6) is 0 Å². The molecule has 0 bridgehead atoms. The molecule has 0 spiro atoms. The Labute approximate surface area is 82.7 Å². The van der Waals surface area contributed by atoms with E-state index in [2.05, 4.69) is 15.9 Å². The standard InChI is InChI=1S/C9H17BrO2/c1-11-5-2-6-12-8-9(7-10)3-4-9/h2-8H2,1H3. The highest BCUT2D eigenvalue weighted by molar-refractivity contribution is 9.09. The Hall–Kier alpha value is 0.400. The van der Waals surface area contributed by atoms with Crippen LogP contribution in [0.3, 0.4) is 0 Å². The summed E-state index contributed by atoms with van der Waals surface area (Å²) in [5.41, 5.74) is 0.493. The predicted octanol–water partition coefficient (Wildman–Crippen LogP) is 2.21. The zero-order chi connectivity index (χ0) is 8.86. The Morgan fingerprint density at radius 2 is 2.08 bits per heavy atom. The van der Waals surface area contributed by atoms with Crippen molar-refractivity contribution in [3.05, 3.63) is 0 Å². The summed E-state index contributed by atoms with van der Waals surface area (Å²) < 4.78 is 10.5. The Morgan fingerprint density at radius 1 is 1.33 bits per heavy atom. The van der Waals surface area contributed by atoms with Gasteiger partial charge in [-0.15, -0.1) is 0 Å². The van der Waals surface area contributed by atoms with E-state index in [1.165, 1.54) is 12.8 Å². The van der Waals surface area contributed by atoms with E-state index in [0.717, 1.165) is 31.6 Å². The van der Waals surface area contributed by atoms with Crippen molar-refractivity contribution in [2.75, 3.05) is 32.3 Å². The van der Waals surface area contributed by atoms with Crippen LogP contribution in [-0.4, -0.2) is 32.3 Å². The van der Waals surface area contributed by atoms with E-state index < -0.39 is 0 Å². The molecule has 0 heterocycles. The summed E-state index contributed by atoms with van der Waals surface area (Å²) in [5.74, 6) is 0. The minimum Gasteiger partial charge on any atom is -0.385 e. The monoisotopic (exact) mass is 236 g/mol. The van der Waals surface area contributed by atoms with Gasteiger partial charge in [0.25, 0.3) is 0 Å². The number of ether oxygens (including phenoxy) is 2. The van der Waals surface area contributed by atoms with Crippen molar-refractivity contribution >= 4 is 15.9 Å². The molecule has 0 saturated heterocycles. The van der Waals surface area contributed by atoms with Crippen molar-refractivity contribution in [3.63, 3.8) is 0 Å². The Balaban J connectivity index is 1.89. The lowest BCUT2D eigenvalue weighted by molar-refractivity contribution is 0.0777. The van der Waals surface area contributed by atoms with Crippen LogP contribution in [0.25, 0.3) is 0 Å². The van der Waals surface area contributed by atoms with Crippen LogP contribution in [0.1, 0.15) is 19.3 Å². The lowest BCUT2D eigenvalue weighted by Gasteiger charge is -2.11. The molecule has 0 aliphatic heterocycles. The molecular weight excluding hydrogens is 220 g/mol. The van der Waals surface area contributed by atoms with Gasteiger partial charge in [-0.05, 0) is 19.3 Å². The molecule has 0 N–H and O–H groups in total. The molecule has 1 aliphatic rings. The largest absolute Gasteiger partial charge is 0.385 e. The van der Waals surface area contributed by atoms with E-state index in [4.69, 9.17) is 9.47 Å². The third kappa shape index (κ3) is 3.42. The Morgan fingerprint density at radius 3 is 2.58 bits per heavy atom. The fourth-order valence-corrected chi connectivity index (χ4v) is 1.81. The molecular formula is C9H17BrO2.